The molecule has 1 unspecified atom stereocenters. The van der Waals surface area contributed by atoms with Crippen molar-refractivity contribution in [1.82, 2.24) is 5.32 Å². The highest BCUT2D eigenvalue weighted by molar-refractivity contribution is 5.34. The van der Waals surface area contributed by atoms with Gasteiger partial charge in [-0.25, -0.2) is 4.39 Å². The Labute approximate surface area is 71.6 Å². The zero-order chi connectivity index (χ0) is 8.55. The second kappa shape index (κ2) is 2.87. The lowest BCUT2D eigenvalue weighted by atomic mass is 9.98. The molecular weight excluding hydrogens is 153 g/mol. The normalized spacial score (nSPS) is 22.0. The van der Waals surface area contributed by atoms with E-state index in [-0.39, 0.29) is 0 Å². The van der Waals surface area contributed by atoms with Gasteiger partial charge in [0.15, 0.2) is 0 Å². The quantitative estimate of drug-likeness (QED) is 0.620. The third-order valence-electron chi connectivity index (χ3n) is 2.28. The lowest BCUT2D eigenvalue weighted by molar-refractivity contribution is 0.310. The smallest absolute Gasteiger partial charge is 0.138 e. The molecule has 12 heavy (non-hydrogen) atoms. The summed E-state index contributed by atoms with van der Waals surface area (Å²) in [5.74, 6) is 0. The van der Waals surface area contributed by atoms with Gasteiger partial charge in [-0.05, 0) is 18.1 Å². The number of aryl methyl sites for hydroxylation is 1. The minimum absolute atomic E-state index is 0.455. The molecular formula is C10H12FN. The third kappa shape index (κ3) is 1.23. The first-order valence-electron chi connectivity index (χ1n) is 4.21. The van der Waals surface area contributed by atoms with Crippen LogP contribution in [0.5, 0.6) is 0 Å². The fourth-order valence-corrected chi connectivity index (χ4v) is 1.61. The summed E-state index contributed by atoms with van der Waals surface area (Å²) >= 11 is 0. The van der Waals surface area contributed by atoms with E-state index in [1.54, 1.807) is 0 Å². The van der Waals surface area contributed by atoms with Crippen LogP contribution in [0, 0.1) is 6.92 Å². The largest absolute Gasteiger partial charge is 0.309 e. The summed E-state index contributed by atoms with van der Waals surface area (Å²) in [5, 5.41) is 3.04. The van der Waals surface area contributed by atoms with E-state index in [9.17, 15) is 4.39 Å². The second-order valence-electron chi connectivity index (χ2n) is 3.30. The van der Waals surface area contributed by atoms with Crippen LogP contribution in [0.3, 0.4) is 0 Å². The summed E-state index contributed by atoms with van der Waals surface area (Å²) in [6.45, 7) is 3.25. The van der Waals surface area contributed by atoms with Gasteiger partial charge in [0, 0.05) is 13.1 Å². The van der Waals surface area contributed by atoms with Gasteiger partial charge >= 0.3 is 0 Å². The van der Waals surface area contributed by atoms with E-state index in [2.05, 4.69) is 5.32 Å². The molecule has 0 radical (unpaired) electrons. The van der Waals surface area contributed by atoms with Crippen LogP contribution in [0.4, 0.5) is 4.39 Å². The summed E-state index contributed by atoms with van der Waals surface area (Å²) in [7, 11) is 0. The maximum atomic E-state index is 13.3. The van der Waals surface area contributed by atoms with E-state index < -0.39 is 6.17 Å². The average Bonchev–Trinajstić information content (AvgIpc) is 2.07. The zero-order valence-electron chi connectivity index (χ0n) is 7.10. The van der Waals surface area contributed by atoms with Crippen LogP contribution in [-0.4, -0.2) is 6.54 Å². The summed E-state index contributed by atoms with van der Waals surface area (Å²) in [5.41, 5.74) is 3.10. The first-order valence-corrected chi connectivity index (χ1v) is 4.21. The molecule has 0 aromatic heterocycles. The first kappa shape index (κ1) is 7.74. The number of nitrogens with one attached hydrogen (secondary N) is 1. The molecule has 0 bridgehead atoms. The van der Waals surface area contributed by atoms with Gasteiger partial charge in [0.1, 0.15) is 6.17 Å². The Morgan fingerprint density at radius 2 is 2.33 bits per heavy atom. The molecule has 1 heterocycles. The minimum Gasteiger partial charge on any atom is -0.309 e. The summed E-state index contributed by atoms with van der Waals surface area (Å²) in [6.07, 6.45) is -0.825. The molecule has 1 aliphatic rings. The molecule has 0 aliphatic carbocycles. The van der Waals surface area contributed by atoms with Crippen molar-refractivity contribution in [1.29, 1.82) is 0 Å². The predicted octanol–water partition coefficient (Wildman–Crippen LogP) is 2.11. The summed E-state index contributed by atoms with van der Waals surface area (Å²) < 4.78 is 13.3. The van der Waals surface area contributed by atoms with Crippen LogP contribution in [-0.2, 0) is 6.54 Å². The van der Waals surface area contributed by atoms with Gasteiger partial charge < -0.3 is 5.32 Å². The first-order chi connectivity index (χ1) is 5.77. The number of fused-ring (bicyclic) bond motifs is 1. The Hall–Kier alpha value is -0.890. The van der Waals surface area contributed by atoms with Crippen molar-refractivity contribution >= 4 is 0 Å². The number of benzene rings is 1. The van der Waals surface area contributed by atoms with Crippen LogP contribution in [0.15, 0.2) is 18.2 Å². The van der Waals surface area contributed by atoms with Gasteiger partial charge in [0.25, 0.3) is 0 Å². The molecule has 1 aliphatic heterocycles. The number of alkyl halides is 1. The van der Waals surface area contributed by atoms with Gasteiger partial charge in [0.2, 0.25) is 0 Å². The van der Waals surface area contributed by atoms with E-state index >= 15 is 0 Å². The van der Waals surface area contributed by atoms with Gasteiger partial charge in [-0.15, -0.1) is 0 Å². The van der Waals surface area contributed by atoms with E-state index in [0.29, 0.717) is 6.54 Å². The Morgan fingerprint density at radius 3 is 3.17 bits per heavy atom. The fourth-order valence-electron chi connectivity index (χ4n) is 1.61. The van der Waals surface area contributed by atoms with Gasteiger partial charge in [-0.1, -0.05) is 23.8 Å². The predicted molar refractivity (Wildman–Crippen MR) is 46.7 cm³/mol. The number of halogens is 1. The van der Waals surface area contributed by atoms with E-state index in [4.69, 9.17) is 0 Å². The van der Waals surface area contributed by atoms with E-state index in [1.807, 2.05) is 25.1 Å². The lowest BCUT2D eigenvalue weighted by Crippen LogP contribution is -2.25. The lowest BCUT2D eigenvalue weighted by Gasteiger charge is -2.20. The van der Waals surface area contributed by atoms with Crippen LogP contribution in [0.2, 0.25) is 0 Å². The van der Waals surface area contributed by atoms with Crippen molar-refractivity contribution in [2.75, 3.05) is 6.54 Å². The minimum atomic E-state index is -0.825. The third-order valence-corrected chi connectivity index (χ3v) is 2.28. The van der Waals surface area contributed by atoms with Crippen molar-refractivity contribution in [3.05, 3.63) is 34.9 Å². The molecule has 0 amide bonds. The number of hydrogen-bond donors (Lipinski definition) is 1. The molecule has 2 rings (SSSR count). The molecule has 1 aromatic carbocycles. The van der Waals surface area contributed by atoms with Gasteiger partial charge in [-0.3, -0.25) is 0 Å². The van der Waals surface area contributed by atoms with Gasteiger partial charge in [0.05, 0.1) is 0 Å². The molecule has 0 saturated carbocycles. The molecule has 1 nitrogen and oxygen atoms in total. The molecule has 0 saturated heterocycles. The Kier molecular flexibility index (Phi) is 1.85. The van der Waals surface area contributed by atoms with Crippen LogP contribution < -0.4 is 5.32 Å². The molecule has 2 heteroatoms. The monoisotopic (exact) mass is 165 g/mol. The van der Waals surface area contributed by atoms with Crippen molar-refractivity contribution in [2.45, 2.75) is 19.6 Å². The van der Waals surface area contributed by atoms with Crippen molar-refractivity contribution in [2.24, 2.45) is 0 Å². The van der Waals surface area contributed by atoms with Crippen molar-refractivity contribution in [3.63, 3.8) is 0 Å². The van der Waals surface area contributed by atoms with Crippen LogP contribution >= 0.6 is 0 Å². The highest BCUT2D eigenvalue weighted by Crippen LogP contribution is 2.25. The van der Waals surface area contributed by atoms with Gasteiger partial charge in [-0.2, -0.15) is 0 Å². The fraction of sp³-hybridized carbons (Fsp3) is 0.400. The van der Waals surface area contributed by atoms with Crippen molar-refractivity contribution in [3.8, 4) is 0 Å². The Bertz CT molecular complexity index is 296. The van der Waals surface area contributed by atoms with Crippen LogP contribution in [0.1, 0.15) is 22.9 Å². The highest BCUT2D eigenvalue weighted by atomic mass is 19.1. The summed E-state index contributed by atoms with van der Waals surface area (Å²) in [4.78, 5) is 0. The van der Waals surface area contributed by atoms with E-state index in [0.717, 1.165) is 23.2 Å². The molecule has 1 atom stereocenters. The molecule has 1 aromatic rings. The zero-order valence-corrected chi connectivity index (χ0v) is 7.10. The number of rotatable bonds is 0. The van der Waals surface area contributed by atoms with E-state index in [1.165, 1.54) is 0 Å². The highest BCUT2D eigenvalue weighted by Gasteiger charge is 2.18. The Morgan fingerprint density at radius 1 is 1.50 bits per heavy atom. The molecule has 0 spiro atoms. The molecule has 0 fully saturated rings. The maximum Gasteiger partial charge on any atom is 0.138 e. The average molecular weight is 165 g/mol. The molecule has 1 N–H and O–H groups in total. The summed E-state index contributed by atoms with van der Waals surface area (Å²) in [6, 6.07) is 5.98. The van der Waals surface area contributed by atoms with Crippen molar-refractivity contribution < 1.29 is 4.39 Å². The molecule has 64 valence electrons. The van der Waals surface area contributed by atoms with Crippen LogP contribution in [0.25, 0.3) is 0 Å². The SMILES string of the molecule is Cc1ccc2c(c1)C(F)CNC2. The maximum absolute atomic E-state index is 13.3. The second-order valence-corrected chi connectivity index (χ2v) is 3.30. The number of hydrogen-bond acceptors (Lipinski definition) is 1. The topological polar surface area (TPSA) is 12.0 Å². The Balaban J connectivity index is 2.47. The standard InChI is InChI=1S/C10H12FN/c1-7-2-3-8-5-12-6-10(11)9(8)4-7/h2-4,10,12H,5-6H2,1H3.